The number of fused-ring (bicyclic) bond motifs is 1. The third-order valence-electron chi connectivity index (χ3n) is 4.15. The first kappa shape index (κ1) is 20.9. The second-order valence-corrected chi connectivity index (χ2v) is 6.12. The summed E-state index contributed by atoms with van der Waals surface area (Å²) in [5.41, 5.74) is 1.33. The lowest BCUT2D eigenvalue weighted by Crippen LogP contribution is -2.14. The molecule has 0 aliphatic heterocycles. The number of imidazole rings is 1. The Bertz CT molecular complexity index is 1090. The first-order chi connectivity index (χ1) is 14.6. The highest BCUT2D eigenvalue weighted by molar-refractivity contribution is 6.05. The molecular weight excluding hydrogens is 386 g/mol. The molecule has 0 aliphatic carbocycles. The molecule has 3 aromatic rings. The standard InChI is InChI=1S/C22H23N3O5/c1-4-29-16-11-9-15(14-17(16)28-3)10-12-19(26)24-21-20(22(27)30-5-2)23-18-8-6-7-13-25(18)21/h6-14H,4-5H2,1-3H3,(H,24,26)/b12-10+. The van der Waals surface area contributed by atoms with Crippen LogP contribution in [0.15, 0.2) is 48.7 Å². The lowest BCUT2D eigenvalue weighted by molar-refractivity contribution is -0.111. The monoisotopic (exact) mass is 409 g/mol. The van der Waals surface area contributed by atoms with E-state index in [1.165, 1.54) is 6.08 Å². The van der Waals surface area contributed by atoms with Crippen LogP contribution in [0.1, 0.15) is 29.9 Å². The van der Waals surface area contributed by atoms with Gasteiger partial charge in [-0.1, -0.05) is 12.1 Å². The number of ether oxygens (including phenoxy) is 3. The highest BCUT2D eigenvalue weighted by Crippen LogP contribution is 2.28. The molecule has 0 unspecified atom stereocenters. The molecule has 2 heterocycles. The fourth-order valence-electron chi connectivity index (χ4n) is 2.85. The maximum atomic E-state index is 12.5. The Morgan fingerprint density at radius 1 is 1.13 bits per heavy atom. The average Bonchev–Trinajstić information content (AvgIpc) is 3.12. The zero-order valence-electron chi connectivity index (χ0n) is 17.0. The summed E-state index contributed by atoms with van der Waals surface area (Å²) in [6, 6.07) is 10.7. The number of hydrogen-bond acceptors (Lipinski definition) is 6. The summed E-state index contributed by atoms with van der Waals surface area (Å²) in [5, 5.41) is 2.72. The molecule has 1 amide bonds. The lowest BCUT2D eigenvalue weighted by atomic mass is 10.2. The van der Waals surface area contributed by atoms with Crippen LogP contribution in [0, 0.1) is 0 Å². The van der Waals surface area contributed by atoms with Crippen LogP contribution in [0.2, 0.25) is 0 Å². The van der Waals surface area contributed by atoms with Gasteiger partial charge in [0.1, 0.15) is 5.65 Å². The van der Waals surface area contributed by atoms with Gasteiger partial charge in [0, 0.05) is 12.3 Å². The number of nitrogens with zero attached hydrogens (tertiary/aromatic N) is 2. The summed E-state index contributed by atoms with van der Waals surface area (Å²) >= 11 is 0. The van der Waals surface area contributed by atoms with Crippen molar-refractivity contribution < 1.29 is 23.8 Å². The third-order valence-corrected chi connectivity index (χ3v) is 4.15. The molecule has 0 saturated carbocycles. The highest BCUT2D eigenvalue weighted by atomic mass is 16.5. The molecule has 30 heavy (non-hydrogen) atoms. The SMILES string of the molecule is CCOC(=O)c1nc2ccccn2c1NC(=O)/C=C/c1ccc(OCC)c(OC)c1. The molecule has 0 spiro atoms. The number of rotatable bonds is 8. The van der Waals surface area contributed by atoms with Gasteiger partial charge in [0.05, 0.1) is 20.3 Å². The molecule has 0 fully saturated rings. The Labute approximate surface area is 174 Å². The Balaban J connectivity index is 1.83. The summed E-state index contributed by atoms with van der Waals surface area (Å²) in [7, 11) is 1.56. The van der Waals surface area contributed by atoms with E-state index in [0.717, 1.165) is 5.56 Å². The Hall–Kier alpha value is -3.81. The van der Waals surface area contributed by atoms with Crippen molar-refractivity contribution in [3.8, 4) is 11.5 Å². The molecule has 0 radical (unpaired) electrons. The number of nitrogens with one attached hydrogen (secondary N) is 1. The predicted octanol–water partition coefficient (Wildman–Crippen LogP) is 3.57. The van der Waals surface area contributed by atoms with Crippen molar-refractivity contribution in [1.82, 2.24) is 9.38 Å². The van der Waals surface area contributed by atoms with Gasteiger partial charge in [-0.3, -0.25) is 9.20 Å². The van der Waals surface area contributed by atoms with E-state index in [1.807, 2.05) is 13.0 Å². The minimum atomic E-state index is -0.600. The molecular formula is C22H23N3O5. The fourth-order valence-corrected chi connectivity index (χ4v) is 2.85. The van der Waals surface area contributed by atoms with E-state index < -0.39 is 11.9 Å². The minimum Gasteiger partial charge on any atom is -0.493 e. The second kappa shape index (κ2) is 9.60. The zero-order valence-corrected chi connectivity index (χ0v) is 17.0. The van der Waals surface area contributed by atoms with Gasteiger partial charge in [-0.15, -0.1) is 0 Å². The predicted molar refractivity (Wildman–Crippen MR) is 113 cm³/mol. The molecule has 1 N–H and O–H groups in total. The number of benzene rings is 1. The molecule has 2 aromatic heterocycles. The van der Waals surface area contributed by atoms with Gasteiger partial charge in [-0.05, 0) is 49.8 Å². The Kier molecular flexibility index (Phi) is 6.69. The Morgan fingerprint density at radius 3 is 2.70 bits per heavy atom. The molecule has 1 aromatic carbocycles. The van der Waals surface area contributed by atoms with Crippen molar-refractivity contribution in [2.45, 2.75) is 13.8 Å². The second-order valence-electron chi connectivity index (χ2n) is 6.12. The fraction of sp³-hybridized carbons (Fsp3) is 0.227. The van der Waals surface area contributed by atoms with Gasteiger partial charge in [0.25, 0.3) is 0 Å². The van der Waals surface area contributed by atoms with E-state index in [9.17, 15) is 9.59 Å². The molecule has 156 valence electrons. The van der Waals surface area contributed by atoms with Crippen molar-refractivity contribution in [2.24, 2.45) is 0 Å². The van der Waals surface area contributed by atoms with Gasteiger partial charge in [0.15, 0.2) is 23.0 Å². The Morgan fingerprint density at radius 2 is 1.97 bits per heavy atom. The summed E-state index contributed by atoms with van der Waals surface area (Å²) in [4.78, 5) is 29.1. The number of carbonyl (C=O) groups is 2. The first-order valence-electron chi connectivity index (χ1n) is 9.51. The van der Waals surface area contributed by atoms with Gasteiger partial charge < -0.3 is 19.5 Å². The van der Waals surface area contributed by atoms with Gasteiger partial charge in [0.2, 0.25) is 5.91 Å². The topological polar surface area (TPSA) is 91.2 Å². The van der Waals surface area contributed by atoms with Crippen LogP contribution >= 0.6 is 0 Å². The quantitative estimate of drug-likeness (QED) is 0.452. The van der Waals surface area contributed by atoms with Crippen LogP contribution in [-0.2, 0) is 9.53 Å². The summed E-state index contributed by atoms with van der Waals surface area (Å²) in [6.07, 6.45) is 4.72. The average molecular weight is 409 g/mol. The van der Waals surface area contributed by atoms with E-state index >= 15 is 0 Å². The summed E-state index contributed by atoms with van der Waals surface area (Å²) < 4.78 is 17.5. The molecule has 0 bridgehead atoms. The molecule has 0 atom stereocenters. The molecule has 8 heteroatoms. The van der Waals surface area contributed by atoms with Crippen LogP contribution < -0.4 is 14.8 Å². The van der Waals surface area contributed by atoms with Crippen molar-refractivity contribution in [3.05, 3.63) is 59.9 Å². The first-order valence-corrected chi connectivity index (χ1v) is 9.51. The normalized spacial score (nSPS) is 10.9. The summed E-state index contributed by atoms with van der Waals surface area (Å²) in [6.45, 7) is 4.33. The van der Waals surface area contributed by atoms with Crippen LogP contribution in [0.3, 0.4) is 0 Å². The molecule has 0 aliphatic rings. The van der Waals surface area contributed by atoms with E-state index in [0.29, 0.717) is 23.8 Å². The van der Waals surface area contributed by atoms with Crippen molar-refractivity contribution in [3.63, 3.8) is 0 Å². The van der Waals surface area contributed by atoms with Gasteiger partial charge in [-0.25, -0.2) is 9.78 Å². The molecule has 8 nitrogen and oxygen atoms in total. The smallest absolute Gasteiger partial charge is 0.360 e. The number of hydrogen-bond donors (Lipinski definition) is 1. The maximum absolute atomic E-state index is 12.5. The van der Waals surface area contributed by atoms with Crippen LogP contribution in [0.5, 0.6) is 11.5 Å². The van der Waals surface area contributed by atoms with Gasteiger partial charge >= 0.3 is 5.97 Å². The van der Waals surface area contributed by atoms with E-state index in [-0.39, 0.29) is 18.1 Å². The highest BCUT2D eigenvalue weighted by Gasteiger charge is 2.21. The summed E-state index contributed by atoms with van der Waals surface area (Å²) in [5.74, 6) is 0.441. The van der Waals surface area contributed by atoms with Crippen molar-refractivity contribution in [1.29, 1.82) is 0 Å². The number of pyridine rings is 1. The molecule has 3 rings (SSSR count). The van der Waals surface area contributed by atoms with Crippen LogP contribution in [0.4, 0.5) is 5.82 Å². The number of esters is 1. The van der Waals surface area contributed by atoms with Crippen molar-refractivity contribution in [2.75, 3.05) is 25.6 Å². The van der Waals surface area contributed by atoms with Gasteiger partial charge in [-0.2, -0.15) is 0 Å². The molecule has 0 saturated heterocycles. The van der Waals surface area contributed by atoms with Crippen LogP contribution in [0.25, 0.3) is 11.7 Å². The van der Waals surface area contributed by atoms with E-state index in [4.69, 9.17) is 14.2 Å². The number of methoxy groups -OCH3 is 1. The number of amides is 1. The minimum absolute atomic E-state index is 0.0486. The van der Waals surface area contributed by atoms with Crippen LogP contribution in [-0.4, -0.2) is 41.6 Å². The van der Waals surface area contributed by atoms with E-state index in [1.54, 1.807) is 61.0 Å². The number of carbonyl (C=O) groups excluding carboxylic acids is 2. The largest absolute Gasteiger partial charge is 0.493 e. The third kappa shape index (κ3) is 4.60. The lowest BCUT2D eigenvalue weighted by Gasteiger charge is -2.09. The van der Waals surface area contributed by atoms with E-state index in [2.05, 4.69) is 10.3 Å². The number of aromatic nitrogens is 2. The number of anilines is 1. The zero-order chi connectivity index (χ0) is 21.5. The van der Waals surface area contributed by atoms with Crippen molar-refractivity contribution >= 4 is 29.4 Å². The maximum Gasteiger partial charge on any atom is 0.360 e.